The molecule has 5 rings (SSSR count). The number of hydrogen-bond donors (Lipinski definition) is 1. The largest absolute Gasteiger partial charge is 0.465 e. The molecule has 1 N–H and O–H groups in total. The van der Waals surface area contributed by atoms with E-state index >= 15 is 0 Å². The molecule has 4 heterocycles. The lowest BCUT2D eigenvalue weighted by molar-refractivity contribution is -0.147. The fraction of sp³-hybridized carbons (Fsp3) is 0.333. The van der Waals surface area contributed by atoms with Crippen LogP contribution < -0.4 is 0 Å². The van der Waals surface area contributed by atoms with Gasteiger partial charge in [0, 0.05) is 55.1 Å². The van der Waals surface area contributed by atoms with Crippen molar-refractivity contribution < 1.29 is 19.1 Å². The molecule has 0 radical (unpaired) electrons. The van der Waals surface area contributed by atoms with E-state index in [1.165, 1.54) is 0 Å². The maximum absolute atomic E-state index is 13.3. The average Bonchev–Trinajstić information content (AvgIpc) is 3.47. The van der Waals surface area contributed by atoms with E-state index in [1.807, 2.05) is 37.3 Å². The predicted octanol–water partition coefficient (Wildman–Crippen LogP) is 3.32. The van der Waals surface area contributed by atoms with Crippen LogP contribution in [0.3, 0.4) is 0 Å². The van der Waals surface area contributed by atoms with Gasteiger partial charge in [0.2, 0.25) is 11.7 Å². The van der Waals surface area contributed by atoms with Crippen LogP contribution in [0.25, 0.3) is 17.1 Å². The fourth-order valence-electron chi connectivity index (χ4n) is 4.57. The number of likely N-dealkylation sites (N-methyl/N-ethyl adjacent to an activating group) is 1. The van der Waals surface area contributed by atoms with Gasteiger partial charge in [-0.15, -0.1) is 0 Å². The fourth-order valence-corrected chi connectivity index (χ4v) is 4.57. The predicted molar refractivity (Wildman–Crippen MR) is 149 cm³/mol. The van der Waals surface area contributed by atoms with Gasteiger partial charge in [-0.1, -0.05) is 11.8 Å². The number of hydrogen-bond acceptors (Lipinski definition) is 8. The summed E-state index contributed by atoms with van der Waals surface area (Å²) in [5.74, 6) is 4.08. The Labute approximate surface area is 227 Å². The molecule has 0 aliphatic carbocycles. The Hall–Kier alpha value is -4.26. The molecule has 9 heteroatoms. The number of aromatic nitrogens is 2. The maximum atomic E-state index is 13.3. The Balaban J connectivity index is 1.38. The minimum absolute atomic E-state index is 0.000308. The minimum Gasteiger partial charge on any atom is -0.465 e. The monoisotopic (exact) mass is 525 g/mol. The van der Waals surface area contributed by atoms with E-state index in [9.17, 15) is 9.59 Å². The Kier molecular flexibility index (Phi) is 7.87. The van der Waals surface area contributed by atoms with Gasteiger partial charge in [0.25, 0.3) is 0 Å². The smallest absolute Gasteiger partial charge is 0.326 e. The molecule has 2 aliphatic rings. The lowest BCUT2D eigenvalue weighted by Crippen LogP contribution is -2.44. The summed E-state index contributed by atoms with van der Waals surface area (Å²) in [5, 5.41) is 0.833. The van der Waals surface area contributed by atoms with Crippen molar-refractivity contribution >= 4 is 40.4 Å². The molecule has 0 saturated carbocycles. The van der Waals surface area contributed by atoms with Crippen molar-refractivity contribution in [3.05, 3.63) is 65.2 Å². The van der Waals surface area contributed by atoms with Crippen LogP contribution in [0.15, 0.2) is 53.5 Å². The van der Waals surface area contributed by atoms with Crippen LogP contribution in [0.5, 0.6) is 0 Å². The number of aryl methyl sites for hydroxylation is 1. The van der Waals surface area contributed by atoms with Gasteiger partial charge in [0.1, 0.15) is 5.65 Å². The van der Waals surface area contributed by atoms with E-state index < -0.39 is 17.7 Å². The first-order chi connectivity index (χ1) is 18.9. The van der Waals surface area contributed by atoms with Crippen molar-refractivity contribution in [2.24, 2.45) is 10.9 Å². The molecule has 2 aliphatic heterocycles. The molecule has 2 saturated heterocycles. The van der Waals surface area contributed by atoms with Crippen molar-refractivity contribution in [3.63, 3.8) is 0 Å². The van der Waals surface area contributed by atoms with E-state index in [-0.39, 0.29) is 18.3 Å². The van der Waals surface area contributed by atoms with Gasteiger partial charge in [-0.25, -0.2) is 9.98 Å². The topological polar surface area (TPSA) is 100 Å². The number of benzene rings is 1. The molecule has 2 fully saturated rings. The number of allylic oxidation sites excluding steroid dienone is 1. The summed E-state index contributed by atoms with van der Waals surface area (Å²) >= 11 is 0. The SMILES string of the molecule is CCOC(=O)C1C(=O)/C(=C/c2c[nH]c3ncccc23)OC1=Nc1ccc(C#CCN2CCN(C)CC2)cc1C. The van der Waals surface area contributed by atoms with Crippen LogP contribution in [0.1, 0.15) is 23.6 Å². The molecular formula is C30H31N5O4. The van der Waals surface area contributed by atoms with Gasteiger partial charge >= 0.3 is 5.97 Å². The summed E-state index contributed by atoms with van der Waals surface area (Å²) in [6, 6.07) is 9.36. The van der Waals surface area contributed by atoms with Crippen molar-refractivity contribution in [2.75, 3.05) is 46.4 Å². The Morgan fingerprint density at radius 2 is 2.10 bits per heavy atom. The summed E-state index contributed by atoms with van der Waals surface area (Å²) in [5.41, 5.74) is 3.74. The van der Waals surface area contributed by atoms with Gasteiger partial charge in [0.05, 0.1) is 18.8 Å². The van der Waals surface area contributed by atoms with Crippen LogP contribution in [0.2, 0.25) is 0 Å². The molecule has 3 aromatic rings. The number of pyridine rings is 1. The van der Waals surface area contributed by atoms with E-state index in [0.29, 0.717) is 11.3 Å². The van der Waals surface area contributed by atoms with Crippen LogP contribution >= 0.6 is 0 Å². The zero-order valence-electron chi connectivity index (χ0n) is 22.4. The number of nitrogens with zero attached hydrogens (tertiary/aromatic N) is 4. The van der Waals surface area contributed by atoms with E-state index in [4.69, 9.17) is 9.47 Å². The molecule has 39 heavy (non-hydrogen) atoms. The van der Waals surface area contributed by atoms with Crippen LogP contribution in [0.4, 0.5) is 5.69 Å². The highest BCUT2D eigenvalue weighted by Gasteiger charge is 2.44. The van der Waals surface area contributed by atoms with Crippen LogP contribution in [0, 0.1) is 24.7 Å². The molecule has 0 bridgehead atoms. The number of aliphatic imine (C=N–C) groups is 1. The highest BCUT2D eigenvalue weighted by Crippen LogP contribution is 2.30. The molecule has 2 aromatic heterocycles. The number of H-pyrrole nitrogens is 1. The normalized spacial score (nSPS) is 20.3. The van der Waals surface area contributed by atoms with Crippen LogP contribution in [-0.2, 0) is 19.1 Å². The highest BCUT2D eigenvalue weighted by molar-refractivity contribution is 6.27. The molecule has 0 amide bonds. The first-order valence-corrected chi connectivity index (χ1v) is 13.0. The third kappa shape index (κ3) is 5.93. The lowest BCUT2D eigenvalue weighted by atomic mass is 10.0. The first-order valence-electron chi connectivity index (χ1n) is 13.0. The Bertz CT molecular complexity index is 1520. The van der Waals surface area contributed by atoms with Crippen molar-refractivity contribution in [3.8, 4) is 11.8 Å². The number of rotatable bonds is 5. The number of nitrogens with one attached hydrogen (secondary N) is 1. The zero-order chi connectivity index (χ0) is 27.4. The Morgan fingerprint density at radius 3 is 2.87 bits per heavy atom. The van der Waals surface area contributed by atoms with Gasteiger partial charge < -0.3 is 19.4 Å². The summed E-state index contributed by atoms with van der Waals surface area (Å²) in [6.07, 6.45) is 5.02. The second-order valence-corrected chi connectivity index (χ2v) is 9.64. The summed E-state index contributed by atoms with van der Waals surface area (Å²) < 4.78 is 11.1. The summed E-state index contributed by atoms with van der Waals surface area (Å²) in [6.45, 7) is 8.64. The van der Waals surface area contributed by atoms with Crippen molar-refractivity contribution in [1.82, 2.24) is 19.8 Å². The summed E-state index contributed by atoms with van der Waals surface area (Å²) in [7, 11) is 2.14. The van der Waals surface area contributed by atoms with Crippen LogP contribution in [-0.4, -0.2) is 83.8 Å². The minimum atomic E-state index is -1.26. The molecule has 0 spiro atoms. The standard InChI is InChI=1S/C30H31N5O4/c1-4-38-30(37)26-27(36)25(18-22-19-32-28-23(22)8-5-11-31-28)39-29(26)33-24-10-9-21(17-20(24)2)7-6-12-35-15-13-34(3)14-16-35/h5,8-11,17-19,26H,4,12-16H2,1-3H3,(H,31,32)/b25-18-,33-29?. The van der Waals surface area contributed by atoms with E-state index in [0.717, 1.165) is 54.8 Å². The number of Topliss-reactive ketones (excluding diaryl/α,β-unsaturated/α-hetero) is 1. The third-order valence-corrected chi connectivity index (χ3v) is 6.82. The number of fused-ring (bicyclic) bond motifs is 1. The Morgan fingerprint density at radius 1 is 1.28 bits per heavy atom. The molecule has 9 nitrogen and oxygen atoms in total. The van der Waals surface area contributed by atoms with Crippen molar-refractivity contribution in [2.45, 2.75) is 13.8 Å². The first kappa shape index (κ1) is 26.4. The number of carbonyl (C=O) groups is 2. The highest BCUT2D eigenvalue weighted by atomic mass is 16.5. The number of ether oxygens (including phenoxy) is 2. The van der Waals surface area contributed by atoms with Gasteiger partial charge in [0.15, 0.2) is 11.7 Å². The molecule has 1 aromatic carbocycles. The molecule has 1 atom stereocenters. The second kappa shape index (κ2) is 11.6. The number of piperazine rings is 1. The maximum Gasteiger partial charge on any atom is 0.326 e. The zero-order valence-corrected chi connectivity index (χ0v) is 22.4. The van der Waals surface area contributed by atoms with Gasteiger partial charge in [-0.2, -0.15) is 0 Å². The molecule has 1 unspecified atom stereocenters. The van der Waals surface area contributed by atoms with Gasteiger partial charge in [-0.05, 0) is 62.9 Å². The number of esters is 1. The quantitative estimate of drug-likeness (QED) is 0.236. The average molecular weight is 526 g/mol. The third-order valence-electron chi connectivity index (χ3n) is 6.82. The number of carbonyl (C=O) groups excluding carboxylic acids is 2. The summed E-state index contributed by atoms with van der Waals surface area (Å²) in [4.78, 5) is 42.6. The molecular weight excluding hydrogens is 494 g/mol. The number of aromatic amines is 1. The second-order valence-electron chi connectivity index (χ2n) is 9.64. The van der Waals surface area contributed by atoms with Gasteiger partial charge in [-0.3, -0.25) is 14.5 Å². The van der Waals surface area contributed by atoms with Crippen molar-refractivity contribution in [1.29, 1.82) is 0 Å². The van der Waals surface area contributed by atoms with E-state index in [1.54, 1.807) is 25.4 Å². The molecule has 200 valence electrons. The number of ketones is 1. The lowest BCUT2D eigenvalue weighted by Gasteiger charge is -2.30. The van der Waals surface area contributed by atoms with E-state index in [2.05, 4.69) is 43.6 Å².